The molecule has 0 aromatic carbocycles. The zero-order valence-corrected chi connectivity index (χ0v) is 12.3. The number of hydrogen-bond acceptors (Lipinski definition) is 4. The third kappa shape index (κ3) is 2.84. The Balaban J connectivity index is 1.75. The fraction of sp³-hybridized carbons (Fsp3) is 0.846. The smallest absolute Gasteiger partial charge is 0.225 e. The molecule has 2 saturated heterocycles. The van der Waals surface area contributed by atoms with Crippen LogP contribution in [0.3, 0.4) is 0 Å². The number of nitrogens with zero attached hydrogens (tertiary/aromatic N) is 3. The molecule has 1 N–H and O–H groups in total. The van der Waals surface area contributed by atoms with E-state index in [2.05, 4.69) is 26.6 Å². The van der Waals surface area contributed by atoms with E-state index in [0.717, 1.165) is 50.9 Å². The Morgan fingerprint density at radius 2 is 2.16 bits per heavy atom. The maximum atomic E-state index is 5.71. The van der Waals surface area contributed by atoms with Crippen LogP contribution in [0.15, 0.2) is 0 Å². The second-order valence-corrected chi connectivity index (χ2v) is 6.13. The molecule has 19 heavy (non-hydrogen) atoms. The summed E-state index contributed by atoms with van der Waals surface area (Å²) < 4.78 is 8.54. The lowest BCUT2D eigenvalue weighted by molar-refractivity contribution is 0.0968. The summed E-state index contributed by atoms with van der Waals surface area (Å²) in [5, 5.41) is 7.36. The van der Waals surface area contributed by atoms with E-state index < -0.39 is 0 Å². The summed E-state index contributed by atoms with van der Waals surface area (Å²) in [6.45, 7) is 6.18. The number of piperidine rings is 1. The summed E-state index contributed by atoms with van der Waals surface area (Å²) in [6.07, 6.45) is 5.06. The summed E-state index contributed by atoms with van der Waals surface area (Å²) in [6, 6.07) is 0. The van der Waals surface area contributed by atoms with Crippen molar-refractivity contribution in [1.29, 1.82) is 0 Å². The number of aromatic nitrogens is 3. The van der Waals surface area contributed by atoms with Crippen molar-refractivity contribution in [3.63, 3.8) is 0 Å². The summed E-state index contributed by atoms with van der Waals surface area (Å²) in [5.41, 5.74) is 0. The number of aromatic amines is 1. The lowest BCUT2D eigenvalue weighted by Crippen LogP contribution is -2.35. The second kappa shape index (κ2) is 5.63. The summed E-state index contributed by atoms with van der Waals surface area (Å²) in [4.78, 5) is 2.35. The molecule has 0 radical (unpaired) electrons. The van der Waals surface area contributed by atoms with Crippen molar-refractivity contribution in [1.82, 2.24) is 14.8 Å². The molecule has 1 aromatic heterocycles. The van der Waals surface area contributed by atoms with Crippen LogP contribution in [0.1, 0.15) is 32.6 Å². The molecule has 5 nitrogen and oxygen atoms in total. The highest BCUT2D eigenvalue weighted by Gasteiger charge is 2.23. The summed E-state index contributed by atoms with van der Waals surface area (Å²) >= 11 is 5.36. The number of nitrogens with one attached hydrogen (secondary N) is 1. The highest BCUT2D eigenvalue weighted by molar-refractivity contribution is 7.71. The van der Waals surface area contributed by atoms with Crippen LogP contribution >= 0.6 is 12.2 Å². The van der Waals surface area contributed by atoms with Gasteiger partial charge in [-0.3, -0.25) is 4.57 Å². The monoisotopic (exact) mass is 282 g/mol. The molecule has 1 unspecified atom stereocenters. The number of ether oxygens (including phenoxy) is 1. The second-order valence-electron chi connectivity index (χ2n) is 5.74. The Bertz CT molecular complexity index is 469. The Morgan fingerprint density at radius 3 is 2.84 bits per heavy atom. The minimum Gasteiger partial charge on any atom is -0.376 e. The largest absolute Gasteiger partial charge is 0.376 e. The minimum absolute atomic E-state index is 0.298. The van der Waals surface area contributed by atoms with Crippen molar-refractivity contribution in [3.05, 3.63) is 4.77 Å². The van der Waals surface area contributed by atoms with Crippen LogP contribution in [0.5, 0.6) is 0 Å². The zero-order valence-electron chi connectivity index (χ0n) is 11.5. The highest BCUT2D eigenvalue weighted by atomic mass is 32.1. The van der Waals surface area contributed by atoms with Crippen LogP contribution in [0.25, 0.3) is 0 Å². The van der Waals surface area contributed by atoms with Gasteiger partial charge in [0.2, 0.25) is 5.95 Å². The van der Waals surface area contributed by atoms with Gasteiger partial charge in [0.15, 0.2) is 4.77 Å². The van der Waals surface area contributed by atoms with Crippen LogP contribution in [0.4, 0.5) is 5.95 Å². The molecule has 1 aromatic rings. The van der Waals surface area contributed by atoms with Crippen LogP contribution in [-0.2, 0) is 11.3 Å². The molecule has 3 rings (SSSR count). The van der Waals surface area contributed by atoms with Gasteiger partial charge in [0, 0.05) is 19.7 Å². The van der Waals surface area contributed by atoms with Gasteiger partial charge in [-0.05, 0) is 43.8 Å². The van der Waals surface area contributed by atoms with Gasteiger partial charge in [-0.25, -0.2) is 5.10 Å². The number of H-pyrrole nitrogens is 1. The zero-order chi connectivity index (χ0) is 13.2. The fourth-order valence-corrected chi connectivity index (χ4v) is 3.12. The van der Waals surface area contributed by atoms with E-state index in [4.69, 9.17) is 17.0 Å². The van der Waals surface area contributed by atoms with Crippen molar-refractivity contribution in [2.45, 2.75) is 45.3 Å². The Morgan fingerprint density at radius 1 is 1.37 bits per heavy atom. The minimum atomic E-state index is 0.298. The predicted octanol–water partition coefficient (Wildman–Crippen LogP) is 2.36. The topological polar surface area (TPSA) is 46.1 Å². The predicted molar refractivity (Wildman–Crippen MR) is 77.0 cm³/mol. The van der Waals surface area contributed by atoms with Crippen LogP contribution < -0.4 is 4.90 Å². The average Bonchev–Trinajstić information content (AvgIpc) is 3.03. The van der Waals surface area contributed by atoms with E-state index in [9.17, 15) is 0 Å². The fourth-order valence-electron chi connectivity index (χ4n) is 2.92. The Hall–Kier alpha value is -0.880. The SMILES string of the molecule is CC1CCN(c2n[nH]c(=S)n2CC2CCCO2)CC1. The van der Waals surface area contributed by atoms with E-state index in [1.165, 1.54) is 12.8 Å². The molecular formula is C13H22N4OS. The molecule has 0 aliphatic carbocycles. The molecule has 106 valence electrons. The van der Waals surface area contributed by atoms with Crippen molar-refractivity contribution in [3.8, 4) is 0 Å². The lowest BCUT2D eigenvalue weighted by Gasteiger charge is -2.31. The van der Waals surface area contributed by atoms with Crippen molar-refractivity contribution in [2.75, 3.05) is 24.6 Å². The van der Waals surface area contributed by atoms with Crippen LogP contribution in [0.2, 0.25) is 0 Å². The molecule has 0 amide bonds. The van der Waals surface area contributed by atoms with Crippen LogP contribution in [-0.4, -0.2) is 40.6 Å². The van der Waals surface area contributed by atoms with E-state index >= 15 is 0 Å². The number of anilines is 1. The molecule has 0 spiro atoms. The highest BCUT2D eigenvalue weighted by Crippen LogP contribution is 2.23. The van der Waals surface area contributed by atoms with Gasteiger partial charge in [-0.1, -0.05) is 6.92 Å². The first kappa shape index (κ1) is 13.1. The standard InChI is InChI=1S/C13H22N4OS/c1-10-4-6-16(7-5-10)12-14-15-13(19)17(12)9-11-3-2-8-18-11/h10-11H,2-9H2,1H3,(H,15,19). The normalized spacial score (nSPS) is 25.1. The Kier molecular flexibility index (Phi) is 3.88. The Labute approximate surface area is 118 Å². The average molecular weight is 282 g/mol. The lowest BCUT2D eigenvalue weighted by atomic mass is 10.00. The molecule has 2 aliphatic heterocycles. The first-order valence-corrected chi connectivity index (χ1v) is 7.66. The number of rotatable bonds is 3. The molecule has 2 aliphatic rings. The molecule has 3 heterocycles. The van der Waals surface area contributed by atoms with E-state index in [-0.39, 0.29) is 0 Å². The van der Waals surface area contributed by atoms with E-state index in [1.54, 1.807) is 0 Å². The van der Waals surface area contributed by atoms with E-state index in [0.29, 0.717) is 10.9 Å². The van der Waals surface area contributed by atoms with Crippen molar-refractivity contribution >= 4 is 18.2 Å². The molecule has 0 saturated carbocycles. The molecule has 6 heteroatoms. The van der Waals surface area contributed by atoms with Crippen molar-refractivity contribution < 1.29 is 4.74 Å². The van der Waals surface area contributed by atoms with Gasteiger partial charge >= 0.3 is 0 Å². The quantitative estimate of drug-likeness (QED) is 0.865. The first-order chi connectivity index (χ1) is 9.24. The number of hydrogen-bond donors (Lipinski definition) is 1. The van der Waals surface area contributed by atoms with Crippen LogP contribution in [0, 0.1) is 10.7 Å². The van der Waals surface area contributed by atoms with E-state index in [1.807, 2.05) is 0 Å². The molecule has 1 atom stereocenters. The van der Waals surface area contributed by atoms with Gasteiger partial charge in [-0.15, -0.1) is 5.10 Å². The maximum absolute atomic E-state index is 5.71. The maximum Gasteiger partial charge on any atom is 0.225 e. The van der Waals surface area contributed by atoms with Gasteiger partial charge in [-0.2, -0.15) is 0 Å². The van der Waals surface area contributed by atoms with Crippen molar-refractivity contribution in [2.24, 2.45) is 5.92 Å². The third-order valence-corrected chi connectivity index (χ3v) is 4.53. The summed E-state index contributed by atoms with van der Waals surface area (Å²) in [5.74, 6) is 1.82. The molecular weight excluding hydrogens is 260 g/mol. The first-order valence-electron chi connectivity index (χ1n) is 7.26. The van der Waals surface area contributed by atoms with Gasteiger partial charge in [0.25, 0.3) is 0 Å². The van der Waals surface area contributed by atoms with Gasteiger partial charge < -0.3 is 9.64 Å². The van der Waals surface area contributed by atoms with Gasteiger partial charge in [0.05, 0.1) is 12.6 Å². The van der Waals surface area contributed by atoms with Gasteiger partial charge in [0.1, 0.15) is 0 Å². The molecule has 2 fully saturated rings. The third-order valence-electron chi connectivity index (χ3n) is 4.21. The molecule has 0 bridgehead atoms. The summed E-state index contributed by atoms with van der Waals surface area (Å²) in [7, 11) is 0.